The predicted octanol–water partition coefficient (Wildman–Crippen LogP) is 3.35. The number of benzene rings is 1. The van der Waals surface area contributed by atoms with Crippen molar-refractivity contribution in [1.82, 2.24) is 10.3 Å². The summed E-state index contributed by atoms with van der Waals surface area (Å²) in [6.45, 7) is 4.12. The topological polar surface area (TPSA) is 71.1 Å². The lowest BCUT2D eigenvalue weighted by Crippen LogP contribution is -2.27. The van der Waals surface area contributed by atoms with Crippen LogP contribution in [0.5, 0.6) is 0 Å². The molecule has 2 amide bonds. The van der Waals surface area contributed by atoms with Gasteiger partial charge in [-0.15, -0.1) is 0 Å². The summed E-state index contributed by atoms with van der Waals surface area (Å²) in [5, 5.41) is 5.87. The number of hydrogen-bond donors (Lipinski definition) is 2. The molecule has 1 aromatic carbocycles. The maximum atomic E-state index is 12.7. The normalized spacial score (nSPS) is 13.4. The largest absolute Gasteiger partial charge is 0.348 e. The number of rotatable bonds is 6. The van der Waals surface area contributed by atoms with Gasteiger partial charge in [0.15, 0.2) is 0 Å². The molecule has 0 spiro atoms. The molecule has 0 saturated heterocycles. The molecule has 1 aliphatic rings. The Morgan fingerprint density at radius 1 is 0.960 bits per heavy atom. The molecule has 1 fully saturated rings. The summed E-state index contributed by atoms with van der Waals surface area (Å²) >= 11 is 0. The number of nitrogens with one attached hydrogen (secondary N) is 2. The number of anilines is 1. The van der Waals surface area contributed by atoms with Crippen molar-refractivity contribution in [3.8, 4) is 0 Å². The highest BCUT2D eigenvalue weighted by atomic mass is 16.2. The molecule has 5 heteroatoms. The summed E-state index contributed by atoms with van der Waals surface area (Å²) in [6, 6.07) is 11.2. The van der Waals surface area contributed by atoms with Crippen LogP contribution in [0.4, 0.5) is 5.69 Å². The molecule has 0 radical (unpaired) electrons. The van der Waals surface area contributed by atoms with E-state index in [1.165, 1.54) is 0 Å². The molecule has 1 heterocycles. The van der Waals surface area contributed by atoms with Crippen LogP contribution in [0.2, 0.25) is 0 Å². The van der Waals surface area contributed by atoms with Crippen molar-refractivity contribution in [2.45, 2.75) is 45.6 Å². The standard InChI is InChI=1S/C20H23N3O2/c1-3-13-7-5-8-14(4-2)18(13)23-20(25)17-10-6-9-16(22-17)19(24)21-15-11-12-15/h5-10,15H,3-4,11-12H2,1-2H3,(H,21,24)(H,23,25). The minimum atomic E-state index is -0.295. The van der Waals surface area contributed by atoms with E-state index in [4.69, 9.17) is 0 Å². The van der Waals surface area contributed by atoms with E-state index in [2.05, 4.69) is 29.5 Å². The zero-order chi connectivity index (χ0) is 17.8. The fraction of sp³-hybridized carbons (Fsp3) is 0.350. The number of pyridine rings is 1. The van der Waals surface area contributed by atoms with Crippen molar-refractivity contribution in [2.75, 3.05) is 5.32 Å². The van der Waals surface area contributed by atoms with E-state index in [0.29, 0.717) is 0 Å². The molecule has 130 valence electrons. The summed E-state index contributed by atoms with van der Waals surface area (Å²) in [4.78, 5) is 29.0. The van der Waals surface area contributed by atoms with Crippen LogP contribution in [0.25, 0.3) is 0 Å². The Hall–Kier alpha value is -2.69. The van der Waals surface area contributed by atoms with Gasteiger partial charge in [0.2, 0.25) is 0 Å². The van der Waals surface area contributed by atoms with Gasteiger partial charge in [-0.25, -0.2) is 4.98 Å². The van der Waals surface area contributed by atoms with E-state index in [-0.39, 0.29) is 29.2 Å². The van der Waals surface area contributed by atoms with Crippen LogP contribution in [-0.4, -0.2) is 22.8 Å². The maximum absolute atomic E-state index is 12.7. The van der Waals surface area contributed by atoms with Gasteiger partial charge in [0.05, 0.1) is 0 Å². The average molecular weight is 337 g/mol. The number of carbonyl (C=O) groups excluding carboxylic acids is 2. The van der Waals surface area contributed by atoms with Crippen molar-refractivity contribution in [1.29, 1.82) is 0 Å². The fourth-order valence-corrected chi connectivity index (χ4v) is 2.76. The lowest BCUT2D eigenvalue weighted by molar-refractivity contribution is 0.0946. The Kier molecular flexibility index (Phi) is 5.12. The molecule has 5 nitrogen and oxygen atoms in total. The number of para-hydroxylation sites is 1. The van der Waals surface area contributed by atoms with E-state index in [1.807, 2.05) is 18.2 Å². The molecule has 2 aromatic rings. The number of carbonyl (C=O) groups is 2. The highest BCUT2D eigenvalue weighted by Crippen LogP contribution is 2.23. The van der Waals surface area contributed by atoms with Gasteiger partial charge in [0.25, 0.3) is 11.8 Å². The molecular formula is C20H23N3O2. The highest BCUT2D eigenvalue weighted by Gasteiger charge is 2.24. The molecule has 0 aliphatic heterocycles. The molecule has 1 saturated carbocycles. The Balaban J connectivity index is 1.81. The second kappa shape index (κ2) is 7.47. The highest BCUT2D eigenvalue weighted by molar-refractivity contribution is 6.04. The quantitative estimate of drug-likeness (QED) is 0.849. The second-order valence-corrected chi connectivity index (χ2v) is 6.27. The van der Waals surface area contributed by atoms with Crippen LogP contribution < -0.4 is 10.6 Å². The van der Waals surface area contributed by atoms with E-state index >= 15 is 0 Å². The fourth-order valence-electron chi connectivity index (χ4n) is 2.76. The third kappa shape index (κ3) is 4.05. The number of hydrogen-bond acceptors (Lipinski definition) is 3. The summed E-state index contributed by atoms with van der Waals surface area (Å²) in [7, 11) is 0. The Morgan fingerprint density at radius 3 is 2.08 bits per heavy atom. The van der Waals surface area contributed by atoms with Gasteiger partial charge in [0.1, 0.15) is 11.4 Å². The minimum Gasteiger partial charge on any atom is -0.348 e. The molecule has 1 aliphatic carbocycles. The molecular weight excluding hydrogens is 314 g/mol. The summed E-state index contributed by atoms with van der Waals surface area (Å²) in [5.41, 5.74) is 3.56. The van der Waals surface area contributed by atoms with Gasteiger partial charge >= 0.3 is 0 Å². The van der Waals surface area contributed by atoms with Crippen LogP contribution >= 0.6 is 0 Å². The third-order valence-corrected chi connectivity index (χ3v) is 4.36. The van der Waals surface area contributed by atoms with Crippen molar-refractivity contribution in [3.63, 3.8) is 0 Å². The lowest BCUT2D eigenvalue weighted by atomic mass is 10.0. The van der Waals surface area contributed by atoms with Crippen LogP contribution in [0, 0.1) is 0 Å². The van der Waals surface area contributed by atoms with E-state index < -0.39 is 0 Å². The molecule has 1 aromatic heterocycles. The van der Waals surface area contributed by atoms with Gasteiger partial charge < -0.3 is 10.6 Å². The third-order valence-electron chi connectivity index (χ3n) is 4.36. The molecule has 0 bridgehead atoms. The number of nitrogens with zero attached hydrogens (tertiary/aromatic N) is 1. The SMILES string of the molecule is CCc1cccc(CC)c1NC(=O)c1cccc(C(=O)NC2CC2)n1. The van der Waals surface area contributed by atoms with Crippen molar-refractivity contribution >= 4 is 17.5 Å². The molecule has 2 N–H and O–H groups in total. The molecule has 0 atom stereocenters. The first kappa shape index (κ1) is 17.1. The Bertz CT molecular complexity index is 775. The summed E-state index contributed by atoms with van der Waals surface area (Å²) < 4.78 is 0. The summed E-state index contributed by atoms with van der Waals surface area (Å²) in [6.07, 6.45) is 3.69. The smallest absolute Gasteiger partial charge is 0.274 e. The van der Waals surface area contributed by atoms with Crippen LogP contribution in [0.15, 0.2) is 36.4 Å². The van der Waals surface area contributed by atoms with Crippen LogP contribution in [-0.2, 0) is 12.8 Å². The first-order chi connectivity index (χ1) is 12.1. The van der Waals surface area contributed by atoms with Crippen molar-refractivity contribution in [2.24, 2.45) is 0 Å². The van der Waals surface area contributed by atoms with E-state index in [9.17, 15) is 9.59 Å². The van der Waals surface area contributed by atoms with Crippen molar-refractivity contribution in [3.05, 3.63) is 58.9 Å². The number of aryl methyl sites for hydroxylation is 2. The monoisotopic (exact) mass is 337 g/mol. The summed E-state index contributed by atoms with van der Waals surface area (Å²) in [5.74, 6) is -0.517. The molecule has 0 unspecified atom stereocenters. The number of aromatic nitrogens is 1. The average Bonchev–Trinajstić information content (AvgIpc) is 3.45. The van der Waals surface area contributed by atoms with Gasteiger partial charge in [-0.2, -0.15) is 0 Å². The Morgan fingerprint density at radius 2 is 1.52 bits per heavy atom. The maximum Gasteiger partial charge on any atom is 0.274 e. The van der Waals surface area contributed by atoms with Crippen LogP contribution in [0.3, 0.4) is 0 Å². The zero-order valence-corrected chi connectivity index (χ0v) is 14.6. The zero-order valence-electron chi connectivity index (χ0n) is 14.6. The molecule has 25 heavy (non-hydrogen) atoms. The van der Waals surface area contributed by atoms with E-state index in [0.717, 1.165) is 42.5 Å². The van der Waals surface area contributed by atoms with Crippen LogP contribution in [0.1, 0.15) is 58.8 Å². The van der Waals surface area contributed by atoms with E-state index in [1.54, 1.807) is 18.2 Å². The first-order valence-corrected chi connectivity index (χ1v) is 8.82. The van der Waals surface area contributed by atoms with Gasteiger partial charge in [-0.1, -0.05) is 38.1 Å². The predicted molar refractivity (Wildman–Crippen MR) is 97.9 cm³/mol. The van der Waals surface area contributed by atoms with Gasteiger partial charge in [-0.3, -0.25) is 9.59 Å². The minimum absolute atomic E-state index is 0.222. The Labute approximate surface area is 147 Å². The lowest BCUT2D eigenvalue weighted by Gasteiger charge is -2.14. The second-order valence-electron chi connectivity index (χ2n) is 6.27. The van der Waals surface area contributed by atoms with Crippen molar-refractivity contribution < 1.29 is 9.59 Å². The first-order valence-electron chi connectivity index (χ1n) is 8.82. The van der Waals surface area contributed by atoms with Gasteiger partial charge in [-0.05, 0) is 48.9 Å². The number of amides is 2. The van der Waals surface area contributed by atoms with Gasteiger partial charge in [0, 0.05) is 11.7 Å². The molecule has 3 rings (SSSR count).